The summed E-state index contributed by atoms with van der Waals surface area (Å²) in [6.45, 7) is 6.28. The van der Waals surface area contributed by atoms with Crippen molar-refractivity contribution in [2.45, 2.75) is 6.92 Å². The van der Waals surface area contributed by atoms with E-state index in [2.05, 4.69) is 21.7 Å². The molecule has 0 saturated carbocycles. The number of aromatic nitrogens is 2. The van der Waals surface area contributed by atoms with Crippen LogP contribution in [0.5, 0.6) is 0 Å². The lowest BCUT2D eigenvalue weighted by molar-refractivity contribution is 0.629. The molecule has 0 amide bonds. The van der Waals surface area contributed by atoms with Gasteiger partial charge in [0.25, 0.3) is 0 Å². The molecular weight excluding hydrogens is 335 g/mol. The normalized spacial score (nSPS) is 12.0. The zero-order valence-corrected chi connectivity index (χ0v) is 14.6. The maximum Gasteiger partial charge on any atom is 0.206 e. The molecule has 6 heteroatoms. The third-order valence-electron chi connectivity index (χ3n) is 3.33. The average molecular weight is 352 g/mol. The Kier molecular flexibility index (Phi) is 5.30. The zero-order chi connectivity index (χ0) is 17.6. The molecule has 25 heavy (non-hydrogen) atoms. The van der Waals surface area contributed by atoms with Crippen LogP contribution >= 0.6 is 11.3 Å². The van der Waals surface area contributed by atoms with Crippen LogP contribution in [-0.4, -0.2) is 22.4 Å². The van der Waals surface area contributed by atoms with E-state index in [0.29, 0.717) is 22.6 Å². The molecule has 2 heterocycles. The highest BCUT2D eigenvalue weighted by molar-refractivity contribution is 7.07. The average Bonchev–Trinajstić information content (AvgIpc) is 3.02. The maximum atomic E-state index is 14.2. The summed E-state index contributed by atoms with van der Waals surface area (Å²) in [5, 5.41) is 6.36. The molecule has 0 N–H and O–H groups in total. The monoisotopic (exact) mass is 352 g/mol. The van der Waals surface area contributed by atoms with Gasteiger partial charge >= 0.3 is 0 Å². The summed E-state index contributed by atoms with van der Waals surface area (Å²) in [5.74, 6) is -0.294. The van der Waals surface area contributed by atoms with Gasteiger partial charge in [0.2, 0.25) is 4.80 Å². The van der Waals surface area contributed by atoms with E-state index in [1.165, 1.54) is 17.4 Å². The van der Waals surface area contributed by atoms with Crippen molar-refractivity contribution in [3.05, 3.63) is 82.5 Å². The first-order valence-electron chi connectivity index (χ1n) is 7.70. The summed E-state index contributed by atoms with van der Waals surface area (Å²) in [4.78, 5) is 9.27. The summed E-state index contributed by atoms with van der Waals surface area (Å²) in [7, 11) is 0. The largest absolute Gasteiger partial charge is 0.264 e. The molecule has 0 saturated heterocycles. The number of pyridine rings is 1. The Labute approximate surface area is 149 Å². The number of hydrogen-bond donors (Lipinski definition) is 0. The molecular formula is C19H17FN4S. The van der Waals surface area contributed by atoms with Crippen LogP contribution in [0.15, 0.2) is 76.4 Å². The van der Waals surface area contributed by atoms with Crippen molar-refractivity contribution >= 4 is 17.6 Å². The minimum absolute atomic E-state index is 0.294. The molecule has 0 aliphatic carbocycles. The van der Waals surface area contributed by atoms with Crippen molar-refractivity contribution in [1.29, 1.82) is 0 Å². The van der Waals surface area contributed by atoms with Crippen molar-refractivity contribution in [3.63, 3.8) is 0 Å². The molecule has 4 nitrogen and oxygen atoms in total. The molecule has 0 atom stereocenters. The predicted molar refractivity (Wildman–Crippen MR) is 100 cm³/mol. The lowest BCUT2D eigenvalue weighted by Crippen LogP contribution is -2.13. The highest BCUT2D eigenvalue weighted by Gasteiger charge is 2.11. The number of hydrogen-bond acceptors (Lipinski definition) is 4. The lowest BCUT2D eigenvalue weighted by atomic mass is 10.1. The van der Waals surface area contributed by atoms with Crippen LogP contribution in [0.1, 0.15) is 12.5 Å². The number of benzene rings is 1. The van der Waals surface area contributed by atoms with E-state index in [9.17, 15) is 4.39 Å². The molecule has 0 radical (unpaired) electrons. The van der Waals surface area contributed by atoms with Crippen LogP contribution in [0.4, 0.5) is 4.39 Å². The highest BCUT2D eigenvalue weighted by atomic mass is 32.1. The molecule has 126 valence electrons. The minimum atomic E-state index is -0.294. The first-order chi connectivity index (χ1) is 12.1. The number of nitrogens with zero attached hydrogens (tertiary/aromatic N) is 4. The third kappa shape index (κ3) is 4.16. The van der Waals surface area contributed by atoms with E-state index < -0.39 is 0 Å². The summed E-state index contributed by atoms with van der Waals surface area (Å²) < 4.78 is 15.9. The van der Waals surface area contributed by atoms with E-state index in [1.54, 1.807) is 41.5 Å². The van der Waals surface area contributed by atoms with Crippen LogP contribution in [0.25, 0.3) is 11.3 Å². The Balaban J connectivity index is 2.10. The minimum Gasteiger partial charge on any atom is -0.264 e. The summed E-state index contributed by atoms with van der Waals surface area (Å²) in [5.41, 5.74) is 2.94. The smallest absolute Gasteiger partial charge is 0.206 e. The Morgan fingerprint density at radius 2 is 2.16 bits per heavy atom. The van der Waals surface area contributed by atoms with Gasteiger partial charge in [-0.25, -0.2) is 9.07 Å². The van der Waals surface area contributed by atoms with Gasteiger partial charge in [0.15, 0.2) is 0 Å². The Morgan fingerprint density at radius 3 is 2.88 bits per heavy atom. The first kappa shape index (κ1) is 17.0. The van der Waals surface area contributed by atoms with Crippen molar-refractivity contribution in [1.82, 2.24) is 9.66 Å². The molecule has 0 aliphatic heterocycles. The Hall–Kier alpha value is -2.86. The number of thiazole rings is 1. The van der Waals surface area contributed by atoms with E-state index in [-0.39, 0.29) is 5.82 Å². The van der Waals surface area contributed by atoms with Crippen molar-refractivity contribution in [3.8, 4) is 11.3 Å². The molecule has 3 rings (SSSR count). The van der Waals surface area contributed by atoms with Crippen molar-refractivity contribution in [2.24, 2.45) is 10.1 Å². The van der Waals surface area contributed by atoms with Crippen molar-refractivity contribution < 1.29 is 4.39 Å². The highest BCUT2D eigenvalue weighted by Crippen LogP contribution is 2.23. The lowest BCUT2D eigenvalue weighted by Gasteiger charge is -2.04. The van der Waals surface area contributed by atoms with Crippen LogP contribution in [-0.2, 0) is 0 Å². The number of halogens is 1. The maximum absolute atomic E-state index is 14.2. The van der Waals surface area contributed by atoms with E-state index in [4.69, 9.17) is 0 Å². The topological polar surface area (TPSA) is 42.5 Å². The molecule has 0 spiro atoms. The van der Waals surface area contributed by atoms with Gasteiger partial charge in [-0.05, 0) is 25.1 Å². The standard InChI is InChI=1S/C19H17FN4S/c1-14(2)10-22-19-24(23-12-15-6-5-9-21-11-15)18(13-25-19)16-7-3-4-8-17(16)20/h3-9,11-13H,1,10H2,2H3. The van der Waals surface area contributed by atoms with E-state index in [0.717, 1.165) is 11.1 Å². The molecule has 1 aromatic carbocycles. The van der Waals surface area contributed by atoms with Gasteiger partial charge in [-0.1, -0.05) is 30.4 Å². The molecule has 2 aromatic heterocycles. The SMILES string of the molecule is C=C(C)CN=c1scc(-c2ccccc2F)n1N=Cc1cccnc1. The van der Waals surface area contributed by atoms with Gasteiger partial charge in [-0.15, -0.1) is 11.3 Å². The fourth-order valence-electron chi connectivity index (χ4n) is 2.15. The summed E-state index contributed by atoms with van der Waals surface area (Å²) >= 11 is 1.42. The second kappa shape index (κ2) is 7.81. The fourth-order valence-corrected chi connectivity index (χ4v) is 2.98. The predicted octanol–water partition coefficient (Wildman–Crippen LogP) is 4.11. The number of rotatable bonds is 5. The van der Waals surface area contributed by atoms with Gasteiger partial charge in [-0.3, -0.25) is 9.98 Å². The third-order valence-corrected chi connectivity index (χ3v) is 4.18. The van der Waals surface area contributed by atoms with Crippen LogP contribution in [0.2, 0.25) is 0 Å². The zero-order valence-electron chi connectivity index (χ0n) is 13.8. The molecule has 0 aliphatic rings. The van der Waals surface area contributed by atoms with Crippen molar-refractivity contribution in [2.75, 3.05) is 6.54 Å². The van der Waals surface area contributed by atoms with Gasteiger partial charge in [0.05, 0.1) is 18.5 Å². The Bertz CT molecular complexity index is 970. The first-order valence-corrected chi connectivity index (χ1v) is 8.58. The van der Waals surface area contributed by atoms with Gasteiger partial charge in [-0.2, -0.15) is 5.10 Å². The summed E-state index contributed by atoms with van der Waals surface area (Å²) in [6.07, 6.45) is 5.10. The van der Waals surface area contributed by atoms with Gasteiger partial charge in [0, 0.05) is 28.9 Å². The second-order valence-corrected chi connectivity index (χ2v) is 6.34. The molecule has 0 bridgehead atoms. The fraction of sp³-hybridized carbons (Fsp3) is 0.105. The molecule has 3 aromatic rings. The second-order valence-electron chi connectivity index (χ2n) is 5.50. The van der Waals surface area contributed by atoms with E-state index in [1.807, 2.05) is 24.4 Å². The van der Waals surface area contributed by atoms with Crippen LogP contribution in [0.3, 0.4) is 0 Å². The van der Waals surface area contributed by atoms with E-state index >= 15 is 0 Å². The molecule has 0 fully saturated rings. The Morgan fingerprint density at radius 1 is 1.32 bits per heavy atom. The summed E-state index contributed by atoms with van der Waals surface area (Å²) in [6, 6.07) is 10.4. The quantitative estimate of drug-likeness (QED) is 0.503. The molecule has 0 unspecified atom stereocenters. The van der Waals surface area contributed by atoms with Crippen LogP contribution in [0, 0.1) is 5.82 Å². The van der Waals surface area contributed by atoms with Crippen LogP contribution < -0.4 is 4.80 Å². The van der Waals surface area contributed by atoms with Gasteiger partial charge < -0.3 is 0 Å². The van der Waals surface area contributed by atoms with Gasteiger partial charge in [0.1, 0.15) is 5.82 Å².